The van der Waals surface area contributed by atoms with Crippen LogP contribution in [0, 0.1) is 0 Å². The summed E-state index contributed by atoms with van der Waals surface area (Å²) >= 11 is 0. The summed E-state index contributed by atoms with van der Waals surface area (Å²) in [5.74, 6) is 0.653. The van der Waals surface area contributed by atoms with E-state index in [9.17, 15) is 9.90 Å². The molecular formula is C28H24N4O4. The fourth-order valence-corrected chi connectivity index (χ4v) is 3.96. The number of aromatic amines is 2. The Morgan fingerprint density at radius 1 is 0.778 bits per heavy atom. The molecule has 2 heterocycles. The second-order valence-corrected chi connectivity index (χ2v) is 8.22. The van der Waals surface area contributed by atoms with Crippen molar-refractivity contribution in [1.82, 2.24) is 20.4 Å². The second kappa shape index (κ2) is 9.89. The molecule has 0 saturated heterocycles. The number of hydrogen-bond acceptors (Lipinski definition) is 6. The van der Waals surface area contributed by atoms with Crippen molar-refractivity contribution in [3.63, 3.8) is 0 Å². The third kappa shape index (κ3) is 4.89. The summed E-state index contributed by atoms with van der Waals surface area (Å²) in [5, 5.41) is 24.7. The van der Waals surface area contributed by atoms with Gasteiger partial charge in [0.25, 0.3) is 0 Å². The van der Waals surface area contributed by atoms with Gasteiger partial charge < -0.3 is 14.6 Å². The highest BCUT2D eigenvalue weighted by atomic mass is 16.6. The largest absolute Gasteiger partial charge is 0.465 e. The molecule has 36 heavy (non-hydrogen) atoms. The molecule has 5 aromatic rings. The molecule has 2 aromatic heterocycles. The number of carbonyl (C=O) groups excluding carboxylic acids is 1. The number of nitrogens with zero attached hydrogens (tertiary/aromatic N) is 2. The molecule has 0 aliphatic carbocycles. The average Bonchev–Trinajstić information content (AvgIpc) is 3.55. The molecule has 3 aromatic carbocycles. The zero-order valence-electron chi connectivity index (χ0n) is 19.7. The number of nitrogens with one attached hydrogen (secondary N) is 2. The summed E-state index contributed by atoms with van der Waals surface area (Å²) in [6.07, 6.45) is -0.926. The maximum Gasteiger partial charge on any atom is 0.308 e. The van der Waals surface area contributed by atoms with Crippen LogP contribution in [0.3, 0.4) is 0 Å². The molecule has 8 nitrogen and oxygen atoms in total. The number of rotatable bonds is 7. The Hall–Kier alpha value is -4.69. The number of aliphatic hydroxyl groups excluding tert-OH is 1. The highest BCUT2D eigenvalue weighted by Crippen LogP contribution is 2.34. The van der Waals surface area contributed by atoms with Crippen LogP contribution in [-0.2, 0) is 4.79 Å². The van der Waals surface area contributed by atoms with Crippen LogP contribution in [0.25, 0.3) is 45.0 Å². The highest BCUT2D eigenvalue weighted by Gasteiger charge is 2.14. The molecule has 0 aliphatic rings. The van der Waals surface area contributed by atoms with Gasteiger partial charge in [-0.15, -0.1) is 0 Å². The number of ether oxygens (including phenoxy) is 2. The van der Waals surface area contributed by atoms with Gasteiger partial charge in [0.1, 0.15) is 11.5 Å². The van der Waals surface area contributed by atoms with Crippen LogP contribution in [-0.4, -0.2) is 37.8 Å². The summed E-state index contributed by atoms with van der Waals surface area (Å²) in [5.41, 5.74) is 6.39. The van der Waals surface area contributed by atoms with Crippen LogP contribution >= 0.6 is 0 Å². The molecule has 0 radical (unpaired) electrons. The zero-order chi connectivity index (χ0) is 25.1. The minimum absolute atomic E-state index is 0.381. The lowest BCUT2D eigenvalue weighted by atomic mass is 10.0. The first kappa shape index (κ1) is 23.1. The molecule has 1 atom stereocenters. The van der Waals surface area contributed by atoms with Gasteiger partial charge in [-0.2, -0.15) is 10.2 Å². The average molecular weight is 481 g/mol. The number of aromatic nitrogens is 4. The van der Waals surface area contributed by atoms with Crippen molar-refractivity contribution in [2.45, 2.75) is 20.1 Å². The lowest BCUT2D eigenvalue weighted by Gasteiger charge is -2.11. The standard InChI is InChI=1S/C28H24N4O4/c1-17(33)35-27-12-5-3-10-21(27)25-15-23(29-31-25)19-8-7-9-20(14-19)24-16-26(32-30-24)22-11-4-6-13-28(22)36-18(2)34/h3-17,33H,1-2H3,(H,29,31)(H,30,32). The van der Waals surface area contributed by atoms with Crippen molar-refractivity contribution in [2.75, 3.05) is 0 Å². The van der Waals surface area contributed by atoms with E-state index in [0.717, 1.165) is 45.0 Å². The third-order valence-electron chi connectivity index (χ3n) is 5.52. The van der Waals surface area contributed by atoms with Crippen molar-refractivity contribution in [3.8, 4) is 56.5 Å². The summed E-state index contributed by atoms with van der Waals surface area (Å²) in [6.45, 7) is 2.94. The van der Waals surface area contributed by atoms with Crippen LogP contribution in [0.5, 0.6) is 11.5 Å². The Bertz CT molecular complexity index is 1520. The number of benzene rings is 3. The first-order chi connectivity index (χ1) is 17.5. The number of esters is 1. The van der Waals surface area contributed by atoms with E-state index in [1.165, 1.54) is 6.92 Å². The van der Waals surface area contributed by atoms with E-state index in [-0.39, 0.29) is 5.97 Å². The molecule has 180 valence electrons. The van der Waals surface area contributed by atoms with Gasteiger partial charge in [0.2, 0.25) is 0 Å². The second-order valence-electron chi connectivity index (χ2n) is 8.22. The van der Waals surface area contributed by atoms with Gasteiger partial charge in [0.05, 0.1) is 22.8 Å². The SMILES string of the molecule is CC(=O)Oc1ccccc1-c1cc(-c2cccc(-c3cc(-c4ccccc4OC(C)O)[nH]n3)c2)n[nH]1. The van der Waals surface area contributed by atoms with Crippen molar-refractivity contribution in [1.29, 1.82) is 0 Å². The minimum Gasteiger partial charge on any atom is -0.465 e. The molecule has 0 amide bonds. The Labute approximate surface area is 207 Å². The Kier molecular flexibility index (Phi) is 6.34. The van der Waals surface area contributed by atoms with E-state index < -0.39 is 6.29 Å². The maximum absolute atomic E-state index is 11.5. The van der Waals surface area contributed by atoms with Crippen molar-refractivity contribution < 1.29 is 19.4 Å². The van der Waals surface area contributed by atoms with Gasteiger partial charge in [0.15, 0.2) is 6.29 Å². The summed E-state index contributed by atoms with van der Waals surface area (Å²) in [6, 6.07) is 26.5. The number of hydrogen-bond donors (Lipinski definition) is 3. The highest BCUT2D eigenvalue weighted by molar-refractivity contribution is 5.78. The molecular weight excluding hydrogens is 456 g/mol. The first-order valence-electron chi connectivity index (χ1n) is 11.4. The van der Waals surface area contributed by atoms with Gasteiger partial charge in [0, 0.05) is 29.2 Å². The van der Waals surface area contributed by atoms with E-state index in [1.807, 2.05) is 72.8 Å². The quantitative estimate of drug-likeness (QED) is 0.162. The van der Waals surface area contributed by atoms with E-state index >= 15 is 0 Å². The fraction of sp³-hybridized carbons (Fsp3) is 0.107. The number of para-hydroxylation sites is 2. The van der Waals surface area contributed by atoms with Gasteiger partial charge >= 0.3 is 5.97 Å². The molecule has 0 fully saturated rings. The third-order valence-corrected chi connectivity index (χ3v) is 5.52. The Balaban J connectivity index is 1.44. The molecule has 1 unspecified atom stereocenters. The van der Waals surface area contributed by atoms with Crippen LogP contribution < -0.4 is 9.47 Å². The van der Waals surface area contributed by atoms with Gasteiger partial charge in [-0.3, -0.25) is 15.0 Å². The normalized spacial score (nSPS) is 11.8. The summed E-state index contributed by atoms with van der Waals surface area (Å²) in [4.78, 5) is 11.5. The van der Waals surface area contributed by atoms with E-state index in [4.69, 9.17) is 9.47 Å². The van der Waals surface area contributed by atoms with Crippen molar-refractivity contribution in [2.24, 2.45) is 0 Å². The fourth-order valence-electron chi connectivity index (χ4n) is 3.96. The molecule has 3 N–H and O–H groups in total. The van der Waals surface area contributed by atoms with Crippen LogP contribution in [0.4, 0.5) is 0 Å². The first-order valence-corrected chi connectivity index (χ1v) is 11.4. The number of aliphatic hydroxyl groups is 1. The minimum atomic E-state index is -0.926. The van der Waals surface area contributed by atoms with Gasteiger partial charge in [-0.1, -0.05) is 42.5 Å². The van der Waals surface area contributed by atoms with Crippen molar-refractivity contribution >= 4 is 5.97 Å². The zero-order valence-corrected chi connectivity index (χ0v) is 19.7. The lowest BCUT2D eigenvalue weighted by Crippen LogP contribution is -2.10. The molecule has 0 spiro atoms. The molecule has 0 saturated carbocycles. The van der Waals surface area contributed by atoms with E-state index in [1.54, 1.807) is 19.1 Å². The lowest BCUT2D eigenvalue weighted by molar-refractivity contribution is -0.131. The maximum atomic E-state index is 11.5. The number of carbonyl (C=O) groups is 1. The molecule has 0 bridgehead atoms. The number of H-pyrrole nitrogens is 2. The molecule has 5 rings (SSSR count). The van der Waals surface area contributed by atoms with Crippen molar-refractivity contribution in [3.05, 3.63) is 84.9 Å². The van der Waals surface area contributed by atoms with Crippen LogP contribution in [0.1, 0.15) is 13.8 Å². The Morgan fingerprint density at radius 3 is 1.86 bits per heavy atom. The Morgan fingerprint density at radius 2 is 1.31 bits per heavy atom. The smallest absolute Gasteiger partial charge is 0.308 e. The van der Waals surface area contributed by atoms with E-state index in [2.05, 4.69) is 20.4 Å². The van der Waals surface area contributed by atoms with E-state index in [0.29, 0.717) is 11.5 Å². The van der Waals surface area contributed by atoms with Gasteiger partial charge in [-0.05, 0) is 49.4 Å². The van der Waals surface area contributed by atoms with Crippen LogP contribution in [0.15, 0.2) is 84.9 Å². The van der Waals surface area contributed by atoms with Gasteiger partial charge in [-0.25, -0.2) is 0 Å². The topological polar surface area (TPSA) is 113 Å². The predicted molar refractivity (Wildman–Crippen MR) is 136 cm³/mol. The summed E-state index contributed by atoms with van der Waals surface area (Å²) in [7, 11) is 0. The molecule has 0 aliphatic heterocycles. The predicted octanol–water partition coefficient (Wildman–Crippen LogP) is 5.44. The monoisotopic (exact) mass is 480 g/mol. The summed E-state index contributed by atoms with van der Waals surface area (Å²) < 4.78 is 10.9. The molecule has 8 heteroatoms. The van der Waals surface area contributed by atoms with Crippen LogP contribution in [0.2, 0.25) is 0 Å².